The van der Waals surface area contributed by atoms with E-state index in [9.17, 15) is 0 Å². The van der Waals surface area contributed by atoms with E-state index in [1.165, 1.54) is 19.4 Å². The maximum atomic E-state index is 2.64. The minimum atomic E-state index is 0.782. The highest BCUT2D eigenvalue weighted by molar-refractivity contribution is 14.1. The van der Waals surface area contributed by atoms with Crippen LogP contribution >= 0.6 is 22.6 Å². The van der Waals surface area contributed by atoms with E-state index in [1.54, 1.807) is 0 Å². The molecular weight excluding hydrogens is 273 g/mol. The molecule has 0 bridgehead atoms. The lowest BCUT2D eigenvalue weighted by molar-refractivity contribution is 0.103. The van der Waals surface area contributed by atoms with Crippen molar-refractivity contribution < 1.29 is 0 Å². The van der Waals surface area contributed by atoms with Gasteiger partial charge in [-0.2, -0.15) is 0 Å². The Morgan fingerprint density at radius 1 is 1.46 bits per heavy atom. The average Bonchev–Trinajstić information content (AvgIpc) is 2.10. The molecule has 1 fully saturated rings. The maximum absolute atomic E-state index is 2.64. The number of halogens is 1. The molecule has 1 heterocycles. The van der Waals surface area contributed by atoms with E-state index in [1.807, 2.05) is 0 Å². The van der Waals surface area contributed by atoms with Gasteiger partial charge in [-0.1, -0.05) is 36.4 Å². The first-order valence-electron chi connectivity index (χ1n) is 5.40. The highest BCUT2D eigenvalue weighted by Crippen LogP contribution is 2.34. The summed E-state index contributed by atoms with van der Waals surface area (Å²) in [6, 6.07) is 0.782. The molecule has 4 unspecified atom stereocenters. The third-order valence-corrected chi connectivity index (χ3v) is 5.33. The summed E-state index contributed by atoms with van der Waals surface area (Å²) in [5.41, 5.74) is 0. The molecule has 2 heteroatoms. The van der Waals surface area contributed by atoms with E-state index in [0.29, 0.717) is 0 Å². The molecule has 78 valence electrons. The minimum Gasteiger partial charge on any atom is -0.303 e. The zero-order valence-electron chi connectivity index (χ0n) is 9.26. The molecule has 0 aromatic carbocycles. The fourth-order valence-corrected chi connectivity index (χ4v) is 3.39. The van der Waals surface area contributed by atoms with Crippen LogP contribution < -0.4 is 0 Å². The van der Waals surface area contributed by atoms with Crippen molar-refractivity contribution in [1.82, 2.24) is 4.90 Å². The molecule has 0 aliphatic carbocycles. The number of hydrogen-bond donors (Lipinski definition) is 0. The fourth-order valence-electron chi connectivity index (χ4n) is 2.38. The van der Waals surface area contributed by atoms with Crippen LogP contribution in [0.25, 0.3) is 0 Å². The van der Waals surface area contributed by atoms with E-state index in [0.717, 1.165) is 21.8 Å². The number of nitrogens with zero attached hydrogens (tertiary/aromatic N) is 1. The van der Waals surface area contributed by atoms with Crippen LogP contribution in [-0.2, 0) is 0 Å². The summed E-state index contributed by atoms with van der Waals surface area (Å²) in [6.45, 7) is 8.37. The Hall–Kier alpha value is 0.690. The molecule has 0 aromatic rings. The van der Waals surface area contributed by atoms with Gasteiger partial charge in [-0.25, -0.2) is 0 Å². The summed E-state index contributed by atoms with van der Waals surface area (Å²) in [5.74, 6) is 1.82. The molecule has 0 saturated carbocycles. The van der Waals surface area contributed by atoms with Crippen LogP contribution in [0.15, 0.2) is 0 Å². The first kappa shape index (κ1) is 11.8. The SMILES string of the molecule is CCC(I)C1CC(C)N(C)CC1C. The number of likely N-dealkylation sites (tertiary alicyclic amines) is 1. The first-order valence-corrected chi connectivity index (χ1v) is 6.65. The second-order valence-electron chi connectivity index (χ2n) is 4.59. The molecule has 1 saturated heterocycles. The Morgan fingerprint density at radius 3 is 2.62 bits per heavy atom. The number of rotatable bonds is 2. The van der Waals surface area contributed by atoms with Crippen molar-refractivity contribution in [2.75, 3.05) is 13.6 Å². The monoisotopic (exact) mass is 295 g/mol. The summed E-state index contributed by atoms with van der Waals surface area (Å²) < 4.78 is 0.878. The molecule has 1 aliphatic heterocycles. The van der Waals surface area contributed by atoms with Crippen LogP contribution in [0, 0.1) is 11.8 Å². The van der Waals surface area contributed by atoms with Crippen LogP contribution in [0.3, 0.4) is 0 Å². The Kier molecular flexibility index (Phi) is 4.49. The number of piperidine rings is 1. The smallest absolute Gasteiger partial charge is 0.0139 e. The number of hydrogen-bond acceptors (Lipinski definition) is 1. The van der Waals surface area contributed by atoms with E-state index in [4.69, 9.17) is 0 Å². The first-order chi connectivity index (χ1) is 6.06. The normalized spacial score (nSPS) is 39.0. The highest BCUT2D eigenvalue weighted by atomic mass is 127. The van der Waals surface area contributed by atoms with Crippen molar-refractivity contribution in [2.24, 2.45) is 11.8 Å². The van der Waals surface area contributed by atoms with Crippen LogP contribution in [0.2, 0.25) is 0 Å². The van der Waals surface area contributed by atoms with Crippen LogP contribution in [-0.4, -0.2) is 28.5 Å². The van der Waals surface area contributed by atoms with Crippen molar-refractivity contribution in [3.63, 3.8) is 0 Å². The summed E-state index contributed by atoms with van der Waals surface area (Å²) in [6.07, 6.45) is 2.71. The van der Waals surface area contributed by atoms with E-state index < -0.39 is 0 Å². The lowest BCUT2D eigenvalue weighted by Crippen LogP contribution is -2.45. The minimum absolute atomic E-state index is 0.782. The van der Waals surface area contributed by atoms with Gasteiger partial charge in [0.25, 0.3) is 0 Å². The molecule has 1 rings (SSSR count). The van der Waals surface area contributed by atoms with Gasteiger partial charge in [-0.15, -0.1) is 0 Å². The van der Waals surface area contributed by atoms with Gasteiger partial charge < -0.3 is 4.90 Å². The molecule has 0 aromatic heterocycles. The standard InChI is InChI=1S/C11H22IN/c1-5-11(12)10-6-9(3)13(4)7-8(10)2/h8-11H,5-7H2,1-4H3. The van der Waals surface area contributed by atoms with Crippen molar-refractivity contribution in [2.45, 2.75) is 43.6 Å². The Labute approximate surface area is 96.4 Å². The van der Waals surface area contributed by atoms with E-state index in [2.05, 4.69) is 55.3 Å². The van der Waals surface area contributed by atoms with Gasteiger partial charge in [0.05, 0.1) is 0 Å². The fraction of sp³-hybridized carbons (Fsp3) is 1.00. The van der Waals surface area contributed by atoms with Gasteiger partial charge in [0.15, 0.2) is 0 Å². The molecule has 0 amide bonds. The van der Waals surface area contributed by atoms with Gasteiger partial charge >= 0.3 is 0 Å². The van der Waals surface area contributed by atoms with E-state index >= 15 is 0 Å². The van der Waals surface area contributed by atoms with Gasteiger partial charge in [0, 0.05) is 16.5 Å². The molecule has 4 atom stereocenters. The van der Waals surface area contributed by atoms with Crippen LogP contribution in [0.1, 0.15) is 33.6 Å². The second-order valence-corrected chi connectivity index (χ2v) is 6.19. The third kappa shape index (κ3) is 2.82. The van der Waals surface area contributed by atoms with Crippen molar-refractivity contribution in [3.05, 3.63) is 0 Å². The Balaban J connectivity index is 2.55. The Bertz CT molecular complexity index is 160. The predicted molar refractivity (Wildman–Crippen MR) is 67.5 cm³/mol. The largest absolute Gasteiger partial charge is 0.303 e. The van der Waals surface area contributed by atoms with Crippen molar-refractivity contribution in [1.29, 1.82) is 0 Å². The molecule has 0 N–H and O–H groups in total. The predicted octanol–water partition coefficient (Wildman–Crippen LogP) is 3.18. The molecule has 0 spiro atoms. The summed E-state index contributed by atoms with van der Waals surface area (Å²) >= 11 is 2.64. The van der Waals surface area contributed by atoms with Gasteiger partial charge in [-0.05, 0) is 38.6 Å². The molecule has 1 aliphatic rings. The molecule has 0 radical (unpaired) electrons. The van der Waals surface area contributed by atoms with Gasteiger partial charge in [-0.3, -0.25) is 0 Å². The average molecular weight is 295 g/mol. The highest BCUT2D eigenvalue weighted by Gasteiger charge is 2.32. The summed E-state index contributed by atoms with van der Waals surface area (Å²) in [5, 5.41) is 0. The van der Waals surface area contributed by atoms with Crippen LogP contribution in [0.5, 0.6) is 0 Å². The number of alkyl halides is 1. The van der Waals surface area contributed by atoms with Gasteiger partial charge in [0.1, 0.15) is 0 Å². The van der Waals surface area contributed by atoms with Crippen molar-refractivity contribution >= 4 is 22.6 Å². The topological polar surface area (TPSA) is 3.24 Å². The molecule has 1 nitrogen and oxygen atoms in total. The van der Waals surface area contributed by atoms with E-state index in [-0.39, 0.29) is 0 Å². The summed E-state index contributed by atoms with van der Waals surface area (Å²) in [4.78, 5) is 2.50. The molecule has 13 heavy (non-hydrogen) atoms. The second kappa shape index (κ2) is 4.96. The van der Waals surface area contributed by atoms with Gasteiger partial charge in [0.2, 0.25) is 0 Å². The molecular formula is C11H22IN. The lowest BCUT2D eigenvalue weighted by atomic mass is 9.81. The summed E-state index contributed by atoms with van der Waals surface area (Å²) in [7, 11) is 2.26. The maximum Gasteiger partial charge on any atom is 0.0139 e. The quantitative estimate of drug-likeness (QED) is 0.559. The van der Waals surface area contributed by atoms with Crippen LogP contribution in [0.4, 0.5) is 0 Å². The Morgan fingerprint density at radius 2 is 2.08 bits per heavy atom. The lowest BCUT2D eigenvalue weighted by Gasteiger charge is -2.41. The zero-order valence-corrected chi connectivity index (χ0v) is 11.4. The zero-order chi connectivity index (χ0) is 10.0. The third-order valence-electron chi connectivity index (χ3n) is 3.53. The van der Waals surface area contributed by atoms with Crippen molar-refractivity contribution in [3.8, 4) is 0 Å².